The molecule has 0 unspecified atom stereocenters. The quantitative estimate of drug-likeness (QED) is 0.337. The Kier molecular flexibility index (Phi) is 8.03. The Balaban J connectivity index is 1.53. The predicted molar refractivity (Wildman–Crippen MR) is 149 cm³/mol. The van der Waals surface area contributed by atoms with Gasteiger partial charge in [-0.15, -0.1) is 0 Å². The zero-order valence-corrected chi connectivity index (χ0v) is 22.0. The highest BCUT2D eigenvalue weighted by molar-refractivity contribution is 6.01. The molecule has 39 heavy (non-hydrogen) atoms. The molecule has 3 aromatic carbocycles. The summed E-state index contributed by atoms with van der Waals surface area (Å²) in [5.74, 6) is -1.21. The normalized spacial score (nSPS) is 17.1. The van der Waals surface area contributed by atoms with Crippen LogP contribution in [0, 0.1) is 12.7 Å². The molecule has 202 valence electrons. The van der Waals surface area contributed by atoms with Crippen molar-refractivity contribution >= 4 is 23.2 Å². The van der Waals surface area contributed by atoms with Crippen molar-refractivity contribution in [3.8, 4) is 0 Å². The third-order valence-corrected chi connectivity index (χ3v) is 7.72. The summed E-state index contributed by atoms with van der Waals surface area (Å²) in [6, 6.07) is 18.5. The second-order valence-electron chi connectivity index (χ2n) is 10.5. The van der Waals surface area contributed by atoms with E-state index in [1.54, 1.807) is 18.2 Å². The Bertz CT molecular complexity index is 1440. The van der Waals surface area contributed by atoms with Crippen molar-refractivity contribution in [1.82, 2.24) is 4.90 Å². The highest BCUT2D eigenvalue weighted by Gasteiger charge is 2.23. The minimum atomic E-state index is -2.27. The standard InChI is InChI=1S/C33H32F3NO2/c1-21-17-27(34)10-12-28(21)30-4-2-3-25-19-26(33(38)39)9-11-29(25)32(30)24-7-5-22(6-8-24)18-23-13-15-37(20-23)16-14-31(35)36/h5-12,17-19,31H,2-4,13-16,20H2,1H3,(H,38,39). The largest absolute Gasteiger partial charge is 0.478 e. The van der Waals surface area contributed by atoms with E-state index in [-0.39, 0.29) is 17.8 Å². The molecule has 0 aromatic heterocycles. The van der Waals surface area contributed by atoms with Crippen molar-refractivity contribution in [3.63, 3.8) is 0 Å². The monoisotopic (exact) mass is 531 g/mol. The number of aromatic carboxylic acids is 1. The number of likely N-dealkylation sites (tertiary alicyclic amines) is 1. The summed E-state index contributed by atoms with van der Waals surface area (Å²) < 4.78 is 39.1. The van der Waals surface area contributed by atoms with Gasteiger partial charge < -0.3 is 5.11 Å². The summed E-state index contributed by atoms with van der Waals surface area (Å²) in [6.07, 6.45) is 3.07. The number of hydrogen-bond acceptors (Lipinski definition) is 2. The van der Waals surface area contributed by atoms with Crippen LogP contribution in [0.15, 0.2) is 66.2 Å². The molecule has 2 aliphatic rings. The van der Waals surface area contributed by atoms with Gasteiger partial charge in [0.15, 0.2) is 0 Å². The summed E-state index contributed by atoms with van der Waals surface area (Å²) in [5, 5.41) is 9.56. The van der Waals surface area contributed by atoms with Crippen LogP contribution >= 0.6 is 0 Å². The van der Waals surface area contributed by atoms with Crippen LogP contribution in [0.3, 0.4) is 0 Å². The van der Waals surface area contributed by atoms with E-state index in [1.807, 2.05) is 19.1 Å². The average molecular weight is 532 g/mol. The van der Waals surface area contributed by atoms with Crippen LogP contribution in [0.2, 0.25) is 0 Å². The van der Waals surface area contributed by atoms with E-state index < -0.39 is 12.4 Å². The molecular weight excluding hydrogens is 499 g/mol. The van der Waals surface area contributed by atoms with E-state index in [0.29, 0.717) is 13.1 Å². The van der Waals surface area contributed by atoms with Crippen molar-refractivity contribution in [3.05, 3.63) is 111 Å². The number of fused-ring (bicyclic) bond motifs is 1. The Morgan fingerprint density at radius 1 is 1.00 bits per heavy atom. The number of nitrogens with zero attached hydrogens (tertiary/aromatic N) is 1. The van der Waals surface area contributed by atoms with Gasteiger partial charge in [0.2, 0.25) is 6.43 Å². The van der Waals surface area contributed by atoms with Crippen LogP contribution in [0.25, 0.3) is 17.2 Å². The van der Waals surface area contributed by atoms with Gasteiger partial charge in [0, 0.05) is 26.1 Å². The molecule has 1 aliphatic carbocycles. The zero-order chi connectivity index (χ0) is 27.5. The van der Waals surface area contributed by atoms with E-state index in [1.165, 1.54) is 11.6 Å². The number of halogens is 3. The number of carboxylic acids is 1. The first-order valence-corrected chi connectivity index (χ1v) is 13.4. The van der Waals surface area contributed by atoms with Crippen LogP contribution in [-0.4, -0.2) is 42.0 Å². The number of allylic oxidation sites excluding steroid dienone is 1. The predicted octanol–water partition coefficient (Wildman–Crippen LogP) is 7.87. The number of carbonyl (C=O) groups is 1. The summed E-state index contributed by atoms with van der Waals surface area (Å²) in [6.45, 7) is 3.85. The SMILES string of the molecule is Cc1cc(F)ccc1C1=C(c2ccc(C=C3CCN(CCC(F)F)C3)cc2)c2ccc(C(=O)O)cc2CCC1. The van der Waals surface area contributed by atoms with Crippen molar-refractivity contribution in [2.45, 2.75) is 45.5 Å². The van der Waals surface area contributed by atoms with Crippen molar-refractivity contribution < 1.29 is 23.1 Å². The van der Waals surface area contributed by atoms with Crippen LogP contribution in [0.1, 0.15) is 69.4 Å². The van der Waals surface area contributed by atoms with Gasteiger partial charge in [0.05, 0.1) is 5.56 Å². The Labute approximate surface area is 227 Å². The van der Waals surface area contributed by atoms with E-state index >= 15 is 0 Å². The molecule has 0 amide bonds. The van der Waals surface area contributed by atoms with Gasteiger partial charge in [-0.2, -0.15) is 0 Å². The number of alkyl halides is 2. The number of benzene rings is 3. The maximum Gasteiger partial charge on any atom is 0.335 e. The van der Waals surface area contributed by atoms with E-state index in [0.717, 1.165) is 76.8 Å². The van der Waals surface area contributed by atoms with Gasteiger partial charge in [-0.3, -0.25) is 4.90 Å². The van der Waals surface area contributed by atoms with E-state index in [4.69, 9.17) is 0 Å². The molecule has 0 saturated carbocycles. The molecule has 5 rings (SSSR count). The lowest BCUT2D eigenvalue weighted by molar-refractivity contribution is 0.0696. The van der Waals surface area contributed by atoms with Crippen LogP contribution in [0.4, 0.5) is 13.2 Å². The topological polar surface area (TPSA) is 40.5 Å². The third-order valence-electron chi connectivity index (χ3n) is 7.72. The maximum absolute atomic E-state index is 14.0. The fraction of sp³-hybridized carbons (Fsp3) is 0.303. The first-order valence-electron chi connectivity index (χ1n) is 13.4. The van der Waals surface area contributed by atoms with Gasteiger partial charge in [-0.1, -0.05) is 48.0 Å². The highest BCUT2D eigenvalue weighted by atomic mass is 19.3. The molecule has 1 fully saturated rings. The Hall–Kier alpha value is -3.64. The summed E-state index contributed by atoms with van der Waals surface area (Å²) in [7, 11) is 0. The fourth-order valence-electron chi connectivity index (χ4n) is 5.80. The van der Waals surface area contributed by atoms with Gasteiger partial charge in [0.1, 0.15) is 5.82 Å². The molecule has 0 atom stereocenters. The smallest absolute Gasteiger partial charge is 0.335 e. The second kappa shape index (κ2) is 11.6. The average Bonchev–Trinajstić information content (AvgIpc) is 3.26. The number of carboxylic acid groups (broad SMARTS) is 1. The number of rotatable bonds is 7. The van der Waals surface area contributed by atoms with Gasteiger partial charge in [0.25, 0.3) is 0 Å². The molecule has 1 aliphatic heterocycles. The van der Waals surface area contributed by atoms with Gasteiger partial charge in [-0.25, -0.2) is 18.0 Å². The molecule has 0 bridgehead atoms. The molecule has 1 heterocycles. The van der Waals surface area contributed by atoms with Crippen LogP contribution in [0.5, 0.6) is 0 Å². The first kappa shape index (κ1) is 26.9. The molecule has 1 N–H and O–H groups in total. The molecule has 1 saturated heterocycles. The van der Waals surface area contributed by atoms with Crippen molar-refractivity contribution in [2.24, 2.45) is 0 Å². The van der Waals surface area contributed by atoms with Crippen molar-refractivity contribution in [1.29, 1.82) is 0 Å². The van der Waals surface area contributed by atoms with E-state index in [9.17, 15) is 23.1 Å². The first-order chi connectivity index (χ1) is 18.8. The Morgan fingerprint density at radius 2 is 1.77 bits per heavy atom. The summed E-state index contributed by atoms with van der Waals surface area (Å²) >= 11 is 0. The number of aryl methyl sites for hydroxylation is 2. The summed E-state index contributed by atoms with van der Waals surface area (Å²) in [4.78, 5) is 13.7. The third kappa shape index (κ3) is 6.17. The lowest BCUT2D eigenvalue weighted by atomic mass is 9.86. The lowest BCUT2D eigenvalue weighted by Crippen LogP contribution is -2.22. The minimum absolute atomic E-state index is 0.0949. The Morgan fingerprint density at radius 3 is 2.49 bits per heavy atom. The van der Waals surface area contributed by atoms with Gasteiger partial charge in [-0.05, 0) is 101 Å². The number of hydrogen-bond donors (Lipinski definition) is 1. The molecule has 6 heteroatoms. The second-order valence-corrected chi connectivity index (χ2v) is 10.5. The molecule has 3 aromatic rings. The minimum Gasteiger partial charge on any atom is -0.478 e. The fourth-order valence-corrected chi connectivity index (χ4v) is 5.80. The van der Waals surface area contributed by atoms with Gasteiger partial charge >= 0.3 is 5.97 Å². The zero-order valence-electron chi connectivity index (χ0n) is 22.0. The van der Waals surface area contributed by atoms with Crippen LogP contribution in [-0.2, 0) is 6.42 Å². The van der Waals surface area contributed by atoms with Crippen molar-refractivity contribution in [2.75, 3.05) is 19.6 Å². The maximum atomic E-state index is 14.0. The van der Waals surface area contributed by atoms with E-state index in [2.05, 4.69) is 35.2 Å². The molecule has 0 radical (unpaired) electrons. The highest BCUT2D eigenvalue weighted by Crippen LogP contribution is 2.41. The molecular formula is C33H32F3NO2. The molecule has 3 nitrogen and oxygen atoms in total. The lowest BCUT2D eigenvalue weighted by Gasteiger charge is -2.18. The molecule has 0 spiro atoms. The summed E-state index contributed by atoms with van der Waals surface area (Å²) in [5.41, 5.74) is 9.64. The van der Waals surface area contributed by atoms with Crippen LogP contribution < -0.4 is 0 Å².